The SMILES string of the molecule is Cc1nc(COc2cccc(C(=O)Nc3ccc(-n4cnnn4)c(C)c3)c2)cs1. The van der Waals surface area contributed by atoms with E-state index in [0.29, 0.717) is 23.6 Å². The smallest absolute Gasteiger partial charge is 0.255 e. The fraction of sp³-hybridized carbons (Fsp3) is 0.150. The molecule has 4 aromatic rings. The van der Waals surface area contributed by atoms with Gasteiger partial charge in [-0.25, -0.2) is 9.67 Å². The van der Waals surface area contributed by atoms with Gasteiger partial charge in [0.1, 0.15) is 18.7 Å². The summed E-state index contributed by atoms with van der Waals surface area (Å²) in [6.07, 6.45) is 1.53. The largest absolute Gasteiger partial charge is 0.487 e. The van der Waals surface area contributed by atoms with Crippen LogP contribution < -0.4 is 10.1 Å². The number of amides is 1. The molecule has 0 unspecified atom stereocenters. The van der Waals surface area contributed by atoms with Gasteiger partial charge in [-0.05, 0) is 66.2 Å². The van der Waals surface area contributed by atoms with E-state index < -0.39 is 0 Å². The van der Waals surface area contributed by atoms with E-state index in [9.17, 15) is 4.79 Å². The molecule has 1 amide bonds. The van der Waals surface area contributed by atoms with Gasteiger partial charge in [0, 0.05) is 16.6 Å². The van der Waals surface area contributed by atoms with Gasteiger partial charge >= 0.3 is 0 Å². The number of nitrogens with one attached hydrogen (secondary N) is 1. The molecule has 2 aromatic carbocycles. The first-order valence-electron chi connectivity index (χ1n) is 8.88. The Morgan fingerprint density at radius 3 is 2.83 bits per heavy atom. The van der Waals surface area contributed by atoms with Gasteiger partial charge in [-0.1, -0.05) is 6.07 Å². The van der Waals surface area contributed by atoms with Crippen molar-refractivity contribution in [2.75, 3.05) is 5.32 Å². The second-order valence-electron chi connectivity index (χ2n) is 6.38. The summed E-state index contributed by atoms with van der Waals surface area (Å²) in [5, 5.41) is 17.0. The molecule has 0 aliphatic carbocycles. The maximum Gasteiger partial charge on any atom is 0.255 e. The van der Waals surface area contributed by atoms with Crippen molar-refractivity contribution in [2.45, 2.75) is 20.5 Å². The molecule has 146 valence electrons. The van der Waals surface area contributed by atoms with E-state index in [1.807, 2.05) is 43.5 Å². The average molecular weight is 406 g/mol. The molecular weight excluding hydrogens is 388 g/mol. The quantitative estimate of drug-likeness (QED) is 0.526. The normalized spacial score (nSPS) is 10.7. The summed E-state index contributed by atoms with van der Waals surface area (Å²) in [5.74, 6) is 0.406. The van der Waals surface area contributed by atoms with E-state index >= 15 is 0 Å². The van der Waals surface area contributed by atoms with E-state index in [1.54, 1.807) is 34.2 Å². The molecule has 0 saturated carbocycles. The van der Waals surface area contributed by atoms with Crippen LogP contribution in [0.1, 0.15) is 26.6 Å². The van der Waals surface area contributed by atoms with Gasteiger partial charge in [-0.15, -0.1) is 16.4 Å². The van der Waals surface area contributed by atoms with Gasteiger partial charge in [-0.2, -0.15) is 0 Å². The first-order chi connectivity index (χ1) is 14.1. The Labute approximate surface area is 171 Å². The first kappa shape index (κ1) is 18.8. The highest BCUT2D eigenvalue weighted by atomic mass is 32.1. The number of aromatic nitrogens is 5. The molecule has 2 heterocycles. The molecule has 0 aliphatic rings. The number of anilines is 1. The predicted molar refractivity (Wildman–Crippen MR) is 109 cm³/mol. The summed E-state index contributed by atoms with van der Waals surface area (Å²) in [6, 6.07) is 12.6. The maximum atomic E-state index is 12.7. The van der Waals surface area contributed by atoms with Crippen molar-refractivity contribution in [3.63, 3.8) is 0 Å². The molecule has 8 nitrogen and oxygen atoms in total. The van der Waals surface area contributed by atoms with Gasteiger partial charge in [0.25, 0.3) is 5.91 Å². The van der Waals surface area contributed by atoms with Crippen molar-refractivity contribution >= 4 is 22.9 Å². The number of ether oxygens (including phenoxy) is 1. The second kappa shape index (κ2) is 8.19. The van der Waals surface area contributed by atoms with E-state index in [4.69, 9.17) is 4.74 Å². The Bertz CT molecular complexity index is 1140. The summed E-state index contributed by atoms with van der Waals surface area (Å²) in [7, 11) is 0. The number of nitrogens with zero attached hydrogens (tertiary/aromatic N) is 5. The van der Waals surface area contributed by atoms with Crippen LogP contribution in [-0.2, 0) is 6.61 Å². The molecule has 9 heteroatoms. The molecular formula is C20H18N6O2S. The summed E-state index contributed by atoms with van der Waals surface area (Å²) >= 11 is 1.58. The van der Waals surface area contributed by atoms with Crippen molar-refractivity contribution in [1.82, 2.24) is 25.2 Å². The minimum absolute atomic E-state index is 0.213. The molecule has 0 atom stereocenters. The van der Waals surface area contributed by atoms with E-state index in [2.05, 4.69) is 25.8 Å². The van der Waals surface area contributed by atoms with Gasteiger partial charge < -0.3 is 10.1 Å². The summed E-state index contributed by atoms with van der Waals surface area (Å²) in [6.45, 7) is 4.25. The number of aryl methyl sites for hydroxylation is 2. The average Bonchev–Trinajstić information content (AvgIpc) is 3.39. The van der Waals surface area contributed by atoms with Gasteiger partial charge in [0.2, 0.25) is 0 Å². The Kier molecular flexibility index (Phi) is 5.30. The molecule has 4 rings (SSSR count). The van der Waals surface area contributed by atoms with Crippen molar-refractivity contribution in [3.05, 3.63) is 76.0 Å². The van der Waals surface area contributed by atoms with Crippen molar-refractivity contribution < 1.29 is 9.53 Å². The Morgan fingerprint density at radius 1 is 1.21 bits per heavy atom. The zero-order valence-corrected chi connectivity index (χ0v) is 16.7. The molecule has 29 heavy (non-hydrogen) atoms. The Hall–Kier alpha value is -3.59. The minimum atomic E-state index is -0.213. The van der Waals surface area contributed by atoms with Crippen LogP contribution in [0.3, 0.4) is 0 Å². The van der Waals surface area contributed by atoms with Crippen LogP contribution in [0, 0.1) is 13.8 Å². The van der Waals surface area contributed by atoms with Gasteiger partial charge in [-0.3, -0.25) is 4.79 Å². The zero-order valence-electron chi connectivity index (χ0n) is 15.9. The molecule has 1 N–H and O–H groups in total. The Balaban J connectivity index is 1.43. The number of benzene rings is 2. The zero-order chi connectivity index (χ0) is 20.2. The highest BCUT2D eigenvalue weighted by molar-refractivity contribution is 7.09. The highest BCUT2D eigenvalue weighted by Gasteiger charge is 2.10. The second-order valence-corrected chi connectivity index (χ2v) is 7.45. The van der Waals surface area contributed by atoms with E-state index in [0.717, 1.165) is 22.0 Å². The summed E-state index contributed by atoms with van der Waals surface area (Å²) in [4.78, 5) is 17.0. The lowest BCUT2D eigenvalue weighted by Gasteiger charge is -2.10. The van der Waals surface area contributed by atoms with Gasteiger partial charge in [0.05, 0.1) is 16.4 Å². The standard InChI is InChI=1S/C20H18N6O2S/c1-13-8-16(6-7-19(13)26-12-21-24-25-26)23-20(27)15-4-3-5-18(9-15)28-10-17-11-29-14(2)22-17/h3-9,11-12H,10H2,1-2H3,(H,23,27). The molecule has 0 spiro atoms. The van der Waals surface area contributed by atoms with Crippen LogP contribution in [0.25, 0.3) is 5.69 Å². The number of carbonyl (C=O) groups is 1. The third kappa shape index (κ3) is 4.46. The third-order valence-corrected chi connectivity index (χ3v) is 5.02. The van der Waals surface area contributed by atoms with Crippen LogP contribution in [-0.4, -0.2) is 31.1 Å². The molecule has 0 bridgehead atoms. The topological polar surface area (TPSA) is 94.8 Å². The maximum absolute atomic E-state index is 12.7. The first-order valence-corrected chi connectivity index (χ1v) is 9.76. The van der Waals surface area contributed by atoms with Crippen LogP contribution in [0.4, 0.5) is 5.69 Å². The van der Waals surface area contributed by atoms with E-state index in [1.165, 1.54) is 6.33 Å². The fourth-order valence-electron chi connectivity index (χ4n) is 2.82. The lowest BCUT2D eigenvalue weighted by molar-refractivity contribution is 0.102. The number of hydrogen-bond acceptors (Lipinski definition) is 7. The number of tetrazole rings is 1. The third-order valence-electron chi connectivity index (χ3n) is 4.20. The van der Waals surface area contributed by atoms with Crippen molar-refractivity contribution in [2.24, 2.45) is 0 Å². The molecule has 0 aliphatic heterocycles. The number of hydrogen-bond donors (Lipinski definition) is 1. The monoisotopic (exact) mass is 406 g/mol. The fourth-order valence-corrected chi connectivity index (χ4v) is 3.42. The lowest BCUT2D eigenvalue weighted by atomic mass is 10.1. The summed E-state index contributed by atoms with van der Waals surface area (Å²) < 4.78 is 7.34. The highest BCUT2D eigenvalue weighted by Crippen LogP contribution is 2.20. The van der Waals surface area contributed by atoms with Crippen molar-refractivity contribution in [1.29, 1.82) is 0 Å². The minimum Gasteiger partial charge on any atom is -0.487 e. The van der Waals surface area contributed by atoms with Crippen molar-refractivity contribution in [3.8, 4) is 11.4 Å². The van der Waals surface area contributed by atoms with Crippen LogP contribution in [0.15, 0.2) is 54.2 Å². The molecule has 0 fully saturated rings. The van der Waals surface area contributed by atoms with Crippen LogP contribution >= 0.6 is 11.3 Å². The number of thiazole rings is 1. The lowest BCUT2D eigenvalue weighted by Crippen LogP contribution is -2.12. The van der Waals surface area contributed by atoms with Crippen LogP contribution in [0.5, 0.6) is 5.75 Å². The van der Waals surface area contributed by atoms with Crippen LogP contribution in [0.2, 0.25) is 0 Å². The molecule has 2 aromatic heterocycles. The summed E-state index contributed by atoms with van der Waals surface area (Å²) in [5.41, 5.74) is 3.86. The predicted octanol–water partition coefficient (Wildman–Crippen LogP) is 3.57. The molecule has 0 radical (unpaired) electrons. The number of carbonyl (C=O) groups excluding carboxylic acids is 1. The van der Waals surface area contributed by atoms with E-state index in [-0.39, 0.29) is 5.91 Å². The Morgan fingerprint density at radius 2 is 2.10 bits per heavy atom. The van der Waals surface area contributed by atoms with Gasteiger partial charge in [0.15, 0.2) is 0 Å². The number of rotatable bonds is 6. The molecule has 0 saturated heterocycles.